The van der Waals surface area contributed by atoms with Gasteiger partial charge in [0, 0.05) is 20.1 Å². The molecule has 1 amide bonds. The van der Waals surface area contributed by atoms with E-state index < -0.39 is 0 Å². The number of anilines is 2. The van der Waals surface area contributed by atoms with Crippen molar-refractivity contribution in [1.82, 2.24) is 5.32 Å². The van der Waals surface area contributed by atoms with Crippen LogP contribution in [-0.4, -0.2) is 19.5 Å². The lowest BCUT2D eigenvalue weighted by atomic mass is 10.2. The van der Waals surface area contributed by atoms with Gasteiger partial charge in [0.15, 0.2) is 0 Å². The summed E-state index contributed by atoms with van der Waals surface area (Å²) in [6.07, 6.45) is 0. The smallest absolute Gasteiger partial charge is 0.263 e. The molecule has 0 aliphatic rings. The standard InChI is InChI=1S/C15H19N3OS/c1-3-17-15(19)14-12(16)9-13(20-14)18(2)10-11-7-5-4-6-8-11/h4-9H,3,10,16H2,1-2H3,(H,17,19). The van der Waals surface area contributed by atoms with Gasteiger partial charge in [0.05, 0.1) is 10.7 Å². The molecule has 1 heterocycles. The molecule has 106 valence electrons. The molecule has 0 unspecified atom stereocenters. The van der Waals surface area contributed by atoms with E-state index in [0.717, 1.165) is 11.5 Å². The highest BCUT2D eigenvalue weighted by atomic mass is 32.1. The first-order chi connectivity index (χ1) is 9.61. The zero-order chi connectivity index (χ0) is 14.5. The number of amides is 1. The van der Waals surface area contributed by atoms with Gasteiger partial charge < -0.3 is 16.0 Å². The van der Waals surface area contributed by atoms with Gasteiger partial charge in [-0.05, 0) is 18.6 Å². The Morgan fingerprint density at radius 1 is 1.35 bits per heavy atom. The van der Waals surface area contributed by atoms with E-state index in [0.29, 0.717) is 17.1 Å². The highest BCUT2D eigenvalue weighted by molar-refractivity contribution is 7.18. The molecule has 0 spiro atoms. The number of nitrogens with zero attached hydrogens (tertiary/aromatic N) is 1. The van der Waals surface area contributed by atoms with Gasteiger partial charge in [0.1, 0.15) is 4.88 Å². The fourth-order valence-electron chi connectivity index (χ4n) is 1.93. The zero-order valence-corrected chi connectivity index (χ0v) is 12.5. The van der Waals surface area contributed by atoms with E-state index >= 15 is 0 Å². The Balaban J connectivity index is 2.13. The average Bonchev–Trinajstić information content (AvgIpc) is 2.82. The van der Waals surface area contributed by atoms with Crippen molar-refractivity contribution in [3.05, 3.63) is 46.8 Å². The number of carbonyl (C=O) groups excluding carboxylic acids is 1. The summed E-state index contributed by atoms with van der Waals surface area (Å²) in [5.41, 5.74) is 7.69. The molecule has 5 heteroatoms. The summed E-state index contributed by atoms with van der Waals surface area (Å²) in [5.74, 6) is -0.102. The summed E-state index contributed by atoms with van der Waals surface area (Å²) in [7, 11) is 2.00. The minimum absolute atomic E-state index is 0.102. The number of thiophene rings is 1. The number of benzene rings is 1. The van der Waals surface area contributed by atoms with Crippen LogP contribution in [0.3, 0.4) is 0 Å². The van der Waals surface area contributed by atoms with E-state index in [-0.39, 0.29) is 5.91 Å². The van der Waals surface area contributed by atoms with Gasteiger partial charge >= 0.3 is 0 Å². The van der Waals surface area contributed by atoms with Crippen LogP contribution in [0.15, 0.2) is 36.4 Å². The van der Waals surface area contributed by atoms with Crippen molar-refractivity contribution in [2.45, 2.75) is 13.5 Å². The van der Waals surface area contributed by atoms with Crippen molar-refractivity contribution in [1.29, 1.82) is 0 Å². The second-order valence-corrected chi connectivity index (χ2v) is 5.60. The monoisotopic (exact) mass is 289 g/mol. The number of rotatable bonds is 5. The SMILES string of the molecule is CCNC(=O)c1sc(N(C)Cc2ccccc2)cc1N. The van der Waals surface area contributed by atoms with Crippen LogP contribution >= 0.6 is 11.3 Å². The Bertz CT molecular complexity index is 580. The van der Waals surface area contributed by atoms with Crippen LogP contribution in [-0.2, 0) is 6.54 Å². The number of hydrogen-bond acceptors (Lipinski definition) is 4. The van der Waals surface area contributed by atoms with Crippen LogP contribution in [0, 0.1) is 0 Å². The molecule has 1 aromatic heterocycles. The minimum atomic E-state index is -0.102. The maximum absolute atomic E-state index is 11.9. The molecule has 1 aromatic carbocycles. The van der Waals surface area contributed by atoms with Crippen LogP contribution < -0.4 is 16.0 Å². The Morgan fingerprint density at radius 2 is 2.05 bits per heavy atom. The summed E-state index contributed by atoms with van der Waals surface area (Å²) >= 11 is 1.42. The molecule has 0 atom stereocenters. The molecule has 2 rings (SSSR count). The largest absolute Gasteiger partial charge is 0.397 e. The Kier molecular flexibility index (Phi) is 4.63. The lowest BCUT2D eigenvalue weighted by Gasteiger charge is -2.16. The first-order valence-electron chi connectivity index (χ1n) is 6.54. The molecule has 0 radical (unpaired) electrons. The van der Waals surface area contributed by atoms with E-state index in [2.05, 4.69) is 22.3 Å². The van der Waals surface area contributed by atoms with E-state index in [4.69, 9.17) is 5.73 Å². The zero-order valence-electron chi connectivity index (χ0n) is 11.7. The van der Waals surface area contributed by atoms with E-state index in [9.17, 15) is 4.79 Å². The van der Waals surface area contributed by atoms with Gasteiger partial charge in [-0.15, -0.1) is 11.3 Å². The quantitative estimate of drug-likeness (QED) is 0.890. The maximum Gasteiger partial charge on any atom is 0.263 e. The fraction of sp³-hybridized carbons (Fsp3) is 0.267. The summed E-state index contributed by atoms with van der Waals surface area (Å²) in [6.45, 7) is 3.28. The van der Waals surface area contributed by atoms with Crippen molar-refractivity contribution in [2.24, 2.45) is 0 Å². The number of carbonyl (C=O) groups is 1. The molecule has 0 saturated heterocycles. The Labute approximate surface area is 123 Å². The van der Waals surface area contributed by atoms with Gasteiger partial charge in [-0.3, -0.25) is 4.79 Å². The molecule has 2 aromatic rings. The molecule has 4 nitrogen and oxygen atoms in total. The molecular weight excluding hydrogens is 270 g/mol. The van der Waals surface area contributed by atoms with Crippen molar-refractivity contribution in [3.8, 4) is 0 Å². The molecule has 20 heavy (non-hydrogen) atoms. The number of nitrogens with two attached hydrogens (primary N) is 1. The van der Waals surface area contributed by atoms with Crippen LogP contribution in [0.5, 0.6) is 0 Å². The minimum Gasteiger partial charge on any atom is -0.397 e. The summed E-state index contributed by atoms with van der Waals surface area (Å²) in [5, 5.41) is 3.77. The molecule has 0 bridgehead atoms. The van der Waals surface area contributed by atoms with Crippen LogP contribution in [0.4, 0.5) is 10.7 Å². The molecule has 0 aliphatic heterocycles. The lowest BCUT2D eigenvalue weighted by molar-refractivity contribution is 0.0960. The third kappa shape index (κ3) is 3.30. The Morgan fingerprint density at radius 3 is 2.70 bits per heavy atom. The van der Waals surface area contributed by atoms with Crippen LogP contribution in [0.25, 0.3) is 0 Å². The number of nitrogen functional groups attached to an aromatic ring is 1. The van der Waals surface area contributed by atoms with E-state index in [1.54, 1.807) is 0 Å². The predicted octanol–water partition coefficient (Wildman–Crippen LogP) is 2.72. The first-order valence-corrected chi connectivity index (χ1v) is 7.36. The van der Waals surface area contributed by atoms with Crippen molar-refractivity contribution in [2.75, 3.05) is 24.2 Å². The van der Waals surface area contributed by atoms with E-state index in [1.807, 2.05) is 38.2 Å². The summed E-state index contributed by atoms with van der Waals surface area (Å²) < 4.78 is 0. The third-order valence-corrected chi connectivity index (χ3v) is 4.19. The number of nitrogens with one attached hydrogen (secondary N) is 1. The van der Waals surface area contributed by atoms with Gasteiger partial charge in [0.2, 0.25) is 0 Å². The summed E-state index contributed by atoms with van der Waals surface area (Å²) in [6, 6.07) is 12.1. The first kappa shape index (κ1) is 14.4. The molecule has 0 saturated carbocycles. The van der Waals surface area contributed by atoms with Crippen LogP contribution in [0.1, 0.15) is 22.2 Å². The molecular formula is C15H19N3OS. The van der Waals surface area contributed by atoms with Gasteiger partial charge in [-0.2, -0.15) is 0 Å². The number of hydrogen-bond donors (Lipinski definition) is 2. The van der Waals surface area contributed by atoms with Gasteiger partial charge in [-0.1, -0.05) is 30.3 Å². The molecule has 0 aliphatic carbocycles. The highest BCUT2D eigenvalue weighted by Crippen LogP contribution is 2.32. The lowest BCUT2D eigenvalue weighted by Crippen LogP contribution is -2.22. The topological polar surface area (TPSA) is 58.4 Å². The van der Waals surface area contributed by atoms with Crippen molar-refractivity contribution >= 4 is 27.9 Å². The van der Waals surface area contributed by atoms with Crippen molar-refractivity contribution in [3.63, 3.8) is 0 Å². The average molecular weight is 289 g/mol. The second-order valence-electron chi connectivity index (χ2n) is 4.57. The van der Waals surface area contributed by atoms with E-state index in [1.165, 1.54) is 16.9 Å². The highest BCUT2D eigenvalue weighted by Gasteiger charge is 2.15. The molecule has 3 N–H and O–H groups in total. The summed E-state index contributed by atoms with van der Waals surface area (Å²) in [4.78, 5) is 14.5. The van der Waals surface area contributed by atoms with Crippen LogP contribution in [0.2, 0.25) is 0 Å². The second kappa shape index (κ2) is 6.43. The van der Waals surface area contributed by atoms with Gasteiger partial charge in [0.25, 0.3) is 5.91 Å². The third-order valence-electron chi connectivity index (χ3n) is 2.93. The molecule has 0 fully saturated rings. The maximum atomic E-state index is 11.9. The Hall–Kier alpha value is -2.01. The van der Waals surface area contributed by atoms with Crippen molar-refractivity contribution < 1.29 is 4.79 Å². The van der Waals surface area contributed by atoms with Gasteiger partial charge in [-0.25, -0.2) is 0 Å². The normalized spacial score (nSPS) is 10.3. The fourth-order valence-corrected chi connectivity index (χ4v) is 2.89. The predicted molar refractivity (Wildman–Crippen MR) is 85.3 cm³/mol.